The van der Waals surface area contributed by atoms with Gasteiger partial charge in [0.25, 0.3) is 5.91 Å². The number of carbonyl (C=O) groups excluding carboxylic acids is 3. The number of piperazine rings is 1. The third-order valence-electron chi connectivity index (χ3n) is 7.07. The van der Waals surface area contributed by atoms with Crippen LogP contribution in [0, 0.1) is 0 Å². The van der Waals surface area contributed by atoms with Crippen LogP contribution in [0.5, 0.6) is 5.75 Å². The molecule has 1 fully saturated rings. The predicted octanol–water partition coefficient (Wildman–Crippen LogP) is 5.92. The summed E-state index contributed by atoms with van der Waals surface area (Å²) in [5.74, 6) is -0.412. The molecule has 1 atom stereocenters. The lowest BCUT2D eigenvalue weighted by atomic mass is 10.1. The van der Waals surface area contributed by atoms with Crippen molar-refractivity contribution < 1.29 is 23.9 Å². The first-order valence-corrected chi connectivity index (χ1v) is 15.6. The number of nitrogens with one attached hydrogen (secondary N) is 2. The summed E-state index contributed by atoms with van der Waals surface area (Å²) in [6.45, 7) is 6.14. The van der Waals surface area contributed by atoms with E-state index in [-0.39, 0.29) is 23.3 Å². The largest absolute Gasteiger partial charge is 0.494 e. The fourth-order valence-corrected chi connectivity index (χ4v) is 4.95. The normalized spacial score (nSPS) is 14.9. The first kappa shape index (κ1) is 33.5. The number of hydrogen-bond acceptors (Lipinski definition) is 6. The van der Waals surface area contributed by atoms with Gasteiger partial charge in [0.1, 0.15) is 11.8 Å². The van der Waals surface area contributed by atoms with E-state index in [0.29, 0.717) is 37.6 Å². The van der Waals surface area contributed by atoms with Crippen molar-refractivity contribution in [1.29, 1.82) is 0 Å². The molecule has 9 heteroatoms. The Morgan fingerprint density at radius 1 is 0.900 bits per heavy atom. The Labute approximate surface area is 245 Å². The maximum atomic E-state index is 12.8. The first-order chi connectivity index (χ1) is 19.5. The Morgan fingerprint density at radius 2 is 1.48 bits per heavy atom. The second-order valence-corrected chi connectivity index (χ2v) is 10.8. The van der Waals surface area contributed by atoms with Gasteiger partial charge in [-0.15, -0.1) is 0 Å². The number of unbranched alkanes of at least 4 members (excludes halogenated alkanes) is 11. The van der Waals surface area contributed by atoms with Crippen molar-refractivity contribution in [2.75, 3.05) is 26.3 Å². The van der Waals surface area contributed by atoms with Crippen molar-refractivity contribution >= 4 is 35.1 Å². The molecule has 1 aliphatic rings. The summed E-state index contributed by atoms with van der Waals surface area (Å²) < 4.78 is 11.1. The molecule has 1 aromatic rings. The zero-order chi connectivity index (χ0) is 29.0. The van der Waals surface area contributed by atoms with Gasteiger partial charge < -0.3 is 19.7 Å². The van der Waals surface area contributed by atoms with E-state index in [0.717, 1.165) is 38.5 Å². The van der Waals surface area contributed by atoms with Crippen LogP contribution in [0.4, 0.5) is 0 Å². The second-order valence-electron chi connectivity index (χ2n) is 10.4. The molecular formula is C31H49N3O5S. The molecule has 2 rings (SSSR count). The molecule has 2 N–H and O–H groups in total. The van der Waals surface area contributed by atoms with E-state index in [2.05, 4.69) is 24.5 Å². The van der Waals surface area contributed by atoms with Crippen molar-refractivity contribution in [3.63, 3.8) is 0 Å². The van der Waals surface area contributed by atoms with Crippen molar-refractivity contribution in [2.24, 2.45) is 0 Å². The number of ether oxygens (including phenoxy) is 2. The van der Waals surface area contributed by atoms with Gasteiger partial charge >= 0.3 is 5.97 Å². The van der Waals surface area contributed by atoms with Crippen molar-refractivity contribution in [1.82, 2.24) is 15.5 Å². The van der Waals surface area contributed by atoms with E-state index in [1.807, 2.05) is 0 Å². The number of esters is 1. The molecule has 224 valence electrons. The van der Waals surface area contributed by atoms with Crippen LogP contribution >= 0.6 is 12.2 Å². The Balaban J connectivity index is 1.72. The SMILES string of the molecule is CCCCCCCCCCCCOC(=O)CC1C(=O)NCCN1C(=S)NC(=O)c1ccc(OCCCCC)cc1. The van der Waals surface area contributed by atoms with Gasteiger partial charge in [0.05, 0.1) is 19.6 Å². The van der Waals surface area contributed by atoms with Crippen LogP contribution in [0.2, 0.25) is 0 Å². The molecule has 0 radical (unpaired) electrons. The van der Waals surface area contributed by atoms with E-state index in [9.17, 15) is 14.4 Å². The molecule has 1 heterocycles. The average Bonchev–Trinajstić information content (AvgIpc) is 2.95. The quantitative estimate of drug-likeness (QED) is 0.120. The smallest absolute Gasteiger partial charge is 0.308 e. The van der Waals surface area contributed by atoms with Gasteiger partial charge in [0.2, 0.25) is 5.91 Å². The molecular weight excluding hydrogens is 526 g/mol. The molecule has 0 saturated carbocycles. The maximum absolute atomic E-state index is 12.8. The number of thiocarbonyl (C=S) groups is 1. The minimum Gasteiger partial charge on any atom is -0.494 e. The van der Waals surface area contributed by atoms with Crippen LogP contribution < -0.4 is 15.4 Å². The molecule has 1 saturated heterocycles. The molecule has 0 aliphatic carbocycles. The fraction of sp³-hybridized carbons (Fsp3) is 0.677. The molecule has 8 nitrogen and oxygen atoms in total. The van der Waals surface area contributed by atoms with Crippen LogP contribution in [0.3, 0.4) is 0 Å². The Kier molecular flexibility index (Phi) is 17.0. The molecule has 40 heavy (non-hydrogen) atoms. The van der Waals surface area contributed by atoms with E-state index in [4.69, 9.17) is 21.7 Å². The number of amides is 2. The highest BCUT2D eigenvalue weighted by molar-refractivity contribution is 7.80. The molecule has 1 aliphatic heterocycles. The van der Waals surface area contributed by atoms with E-state index < -0.39 is 12.0 Å². The van der Waals surface area contributed by atoms with Crippen molar-refractivity contribution in [3.8, 4) is 5.75 Å². The Hall–Kier alpha value is -2.68. The average molecular weight is 576 g/mol. The topological polar surface area (TPSA) is 97.0 Å². The third-order valence-corrected chi connectivity index (χ3v) is 7.40. The number of hydrogen-bond donors (Lipinski definition) is 2. The highest BCUT2D eigenvalue weighted by Gasteiger charge is 2.34. The predicted molar refractivity (Wildman–Crippen MR) is 162 cm³/mol. The standard InChI is InChI=1S/C31H49N3O5S/c1-3-5-7-8-9-10-11-12-13-15-23-39-28(35)24-27-30(37)32-20-21-34(27)31(40)33-29(36)25-16-18-26(19-17-25)38-22-14-6-4-2/h16-19,27H,3-15,20-24H2,1-2H3,(H,32,37)(H,33,36,40). The molecule has 1 unspecified atom stereocenters. The van der Waals surface area contributed by atoms with Gasteiger partial charge in [-0.1, -0.05) is 84.5 Å². The van der Waals surface area contributed by atoms with Gasteiger partial charge in [-0.2, -0.15) is 0 Å². The minimum absolute atomic E-state index is 0.118. The minimum atomic E-state index is -0.819. The van der Waals surface area contributed by atoms with Crippen molar-refractivity contribution in [2.45, 2.75) is 110 Å². The Morgan fingerprint density at radius 3 is 2.12 bits per heavy atom. The van der Waals surface area contributed by atoms with Gasteiger partial charge in [-0.25, -0.2) is 0 Å². The third kappa shape index (κ3) is 13.1. The molecule has 2 amide bonds. The zero-order valence-electron chi connectivity index (χ0n) is 24.5. The fourth-order valence-electron chi connectivity index (χ4n) is 4.64. The summed E-state index contributed by atoms with van der Waals surface area (Å²) in [7, 11) is 0. The summed E-state index contributed by atoms with van der Waals surface area (Å²) >= 11 is 5.46. The van der Waals surface area contributed by atoms with Crippen LogP contribution in [-0.4, -0.2) is 60.1 Å². The summed E-state index contributed by atoms with van der Waals surface area (Å²) in [6, 6.07) is 6.05. The maximum Gasteiger partial charge on any atom is 0.308 e. The molecule has 0 bridgehead atoms. The summed E-state index contributed by atoms with van der Waals surface area (Å²) in [5, 5.41) is 5.60. The highest BCUT2D eigenvalue weighted by atomic mass is 32.1. The van der Waals surface area contributed by atoms with Crippen LogP contribution in [0.15, 0.2) is 24.3 Å². The zero-order valence-corrected chi connectivity index (χ0v) is 25.3. The Bertz CT molecular complexity index is 909. The van der Waals surface area contributed by atoms with Gasteiger partial charge in [0, 0.05) is 18.7 Å². The lowest BCUT2D eigenvalue weighted by Gasteiger charge is -2.36. The van der Waals surface area contributed by atoms with Crippen LogP contribution in [0.1, 0.15) is 114 Å². The molecule has 1 aromatic carbocycles. The lowest BCUT2D eigenvalue weighted by molar-refractivity contribution is -0.147. The monoisotopic (exact) mass is 575 g/mol. The summed E-state index contributed by atoms with van der Waals surface area (Å²) in [6.07, 6.45) is 15.2. The molecule has 0 aromatic heterocycles. The van der Waals surface area contributed by atoms with Gasteiger partial charge in [-0.3, -0.25) is 19.7 Å². The van der Waals surface area contributed by atoms with E-state index in [1.165, 1.54) is 44.9 Å². The van der Waals surface area contributed by atoms with Crippen LogP contribution in [0.25, 0.3) is 0 Å². The van der Waals surface area contributed by atoms with Gasteiger partial charge in [-0.05, 0) is 49.3 Å². The lowest BCUT2D eigenvalue weighted by Crippen LogP contribution is -2.60. The van der Waals surface area contributed by atoms with Crippen molar-refractivity contribution in [3.05, 3.63) is 29.8 Å². The second kappa shape index (κ2) is 20.2. The van der Waals surface area contributed by atoms with E-state index >= 15 is 0 Å². The van der Waals surface area contributed by atoms with Gasteiger partial charge in [0.15, 0.2) is 5.11 Å². The number of benzene rings is 1. The summed E-state index contributed by atoms with van der Waals surface area (Å²) in [4.78, 5) is 39.5. The first-order valence-electron chi connectivity index (χ1n) is 15.2. The number of carbonyl (C=O) groups is 3. The highest BCUT2D eigenvalue weighted by Crippen LogP contribution is 2.15. The van der Waals surface area contributed by atoms with Crippen LogP contribution in [-0.2, 0) is 14.3 Å². The van der Waals surface area contributed by atoms with E-state index in [1.54, 1.807) is 29.2 Å². The number of nitrogens with zero attached hydrogens (tertiary/aromatic N) is 1. The number of rotatable bonds is 19. The molecule has 0 spiro atoms. The summed E-state index contributed by atoms with van der Waals surface area (Å²) in [5.41, 5.74) is 0.428.